The molecule has 0 saturated heterocycles. The molecule has 0 fully saturated rings. The molecule has 0 radical (unpaired) electrons. The molecule has 0 bridgehead atoms. The van der Waals surface area contributed by atoms with Crippen LogP contribution in [0.2, 0.25) is 0 Å². The maximum atomic E-state index is 12.5. The molecule has 2 rings (SSSR count). The zero-order valence-corrected chi connectivity index (χ0v) is 15.8. The van der Waals surface area contributed by atoms with Gasteiger partial charge < -0.3 is 5.32 Å². The minimum Gasteiger partial charge on any atom is -0.348 e. The van der Waals surface area contributed by atoms with E-state index in [2.05, 4.69) is 5.32 Å². The Morgan fingerprint density at radius 3 is 2.41 bits per heavy atom. The molecule has 0 saturated carbocycles. The van der Waals surface area contributed by atoms with Gasteiger partial charge in [0, 0.05) is 12.1 Å². The molecule has 2 aromatic rings. The van der Waals surface area contributed by atoms with Crippen molar-refractivity contribution < 1.29 is 18.1 Å². The summed E-state index contributed by atoms with van der Waals surface area (Å²) in [5.74, 6) is -0.498. The Labute approximate surface area is 158 Å². The van der Waals surface area contributed by atoms with Gasteiger partial charge in [0.1, 0.15) is 6.54 Å². The molecule has 0 aliphatic heterocycles. The lowest BCUT2D eigenvalue weighted by molar-refractivity contribution is -0.384. The summed E-state index contributed by atoms with van der Waals surface area (Å²) in [6.45, 7) is 1.44. The van der Waals surface area contributed by atoms with Crippen LogP contribution < -0.4 is 9.62 Å². The maximum absolute atomic E-state index is 12.5. The van der Waals surface area contributed by atoms with Crippen molar-refractivity contribution in [1.82, 2.24) is 5.32 Å². The summed E-state index contributed by atoms with van der Waals surface area (Å²) >= 11 is 0. The predicted molar refractivity (Wildman–Crippen MR) is 103 cm³/mol. The second kappa shape index (κ2) is 8.63. The van der Waals surface area contributed by atoms with E-state index in [0.29, 0.717) is 6.42 Å². The summed E-state index contributed by atoms with van der Waals surface area (Å²) in [5, 5.41) is 13.8. The average Bonchev–Trinajstić information content (AvgIpc) is 2.64. The van der Waals surface area contributed by atoms with Crippen LogP contribution in [0.15, 0.2) is 54.6 Å². The van der Waals surface area contributed by atoms with E-state index in [9.17, 15) is 23.3 Å². The fourth-order valence-corrected chi connectivity index (χ4v) is 3.49. The summed E-state index contributed by atoms with van der Waals surface area (Å²) in [5.41, 5.74) is 0.724. The van der Waals surface area contributed by atoms with E-state index in [0.717, 1.165) is 22.2 Å². The van der Waals surface area contributed by atoms with Crippen LogP contribution in [0.25, 0.3) is 0 Å². The molecule has 0 unspecified atom stereocenters. The van der Waals surface area contributed by atoms with Crippen molar-refractivity contribution in [1.29, 1.82) is 0 Å². The average molecular weight is 391 g/mol. The number of amides is 1. The highest BCUT2D eigenvalue weighted by Gasteiger charge is 2.23. The smallest absolute Gasteiger partial charge is 0.271 e. The maximum Gasteiger partial charge on any atom is 0.271 e. The lowest BCUT2D eigenvalue weighted by atomic mass is 10.0. The van der Waals surface area contributed by atoms with Crippen molar-refractivity contribution in [3.8, 4) is 0 Å². The molecule has 1 N–H and O–H groups in total. The van der Waals surface area contributed by atoms with E-state index in [1.54, 1.807) is 0 Å². The summed E-state index contributed by atoms with van der Waals surface area (Å²) in [6, 6.07) is 14.3. The molecule has 0 heterocycles. The molecule has 1 atom stereocenters. The highest BCUT2D eigenvalue weighted by atomic mass is 32.2. The molecular weight excluding hydrogens is 370 g/mol. The van der Waals surface area contributed by atoms with E-state index in [1.165, 1.54) is 18.2 Å². The van der Waals surface area contributed by atoms with Gasteiger partial charge in [0.25, 0.3) is 5.69 Å². The molecule has 0 aliphatic carbocycles. The SMILES string of the molecule is CC[C@@H](NC(=O)CN(c1cccc([N+](=O)[O-])c1)S(C)(=O)=O)c1ccccc1. The lowest BCUT2D eigenvalue weighted by Gasteiger charge is -2.24. The Hall–Kier alpha value is -2.94. The number of anilines is 1. The third-order valence-corrected chi connectivity index (χ3v) is 5.10. The summed E-state index contributed by atoms with van der Waals surface area (Å²) in [4.78, 5) is 22.8. The molecule has 1 amide bonds. The minimum atomic E-state index is -3.81. The summed E-state index contributed by atoms with van der Waals surface area (Å²) in [6.07, 6.45) is 1.58. The Morgan fingerprint density at radius 1 is 1.19 bits per heavy atom. The number of carbonyl (C=O) groups excluding carboxylic acids is 1. The van der Waals surface area contributed by atoms with Crippen molar-refractivity contribution in [2.75, 3.05) is 17.1 Å². The van der Waals surface area contributed by atoms with Crippen LogP contribution >= 0.6 is 0 Å². The fourth-order valence-electron chi connectivity index (χ4n) is 2.64. The Morgan fingerprint density at radius 2 is 1.85 bits per heavy atom. The molecule has 0 aliphatic rings. The molecule has 0 aromatic heterocycles. The number of carbonyl (C=O) groups is 1. The number of hydrogen-bond acceptors (Lipinski definition) is 5. The third kappa shape index (κ3) is 5.52. The van der Waals surface area contributed by atoms with E-state index < -0.39 is 27.4 Å². The third-order valence-electron chi connectivity index (χ3n) is 3.96. The first-order chi connectivity index (χ1) is 12.7. The van der Waals surface area contributed by atoms with E-state index in [1.807, 2.05) is 37.3 Å². The highest BCUT2D eigenvalue weighted by molar-refractivity contribution is 7.92. The topological polar surface area (TPSA) is 110 Å². The number of nitro benzene ring substituents is 1. The summed E-state index contributed by atoms with van der Waals surface area (Å²) in [7, 11) is -3.81. The van der Waals surface area contributed by atoms with Gasteiger partial charge in [-0.2, -0.15) is 0 Å². The van der Waals surface area contributed by atoms with Crippen LogP contribution in [-0.4, -0.2) is 32.0 Å². The van der Waals surface area contributed by atoms with Gasteiger partial charge in [-0.15, -0.1) is 0 Å². The van der Waals surface area contributed by atoms with Crippen molar-refractivity contribution in [3.63, 3.8) is 0 Å². The second-order valence-electron chi connectivity index (χ2n) is 5.99. The van der Waals surface area contributed by atoms with Crippen LogP contribution in [0.1, 0.15) is 24.9 Å². The fraction of sp³-hybridized carbons (Fsp3) is 0.278. The van der Waals surface area contributed by atoms with Crippen molar-refractivity contribution >= 4 is 27.3 Å². The quantitative estimate of drug-likeness (QED) is 0.549. The molecule has 144 valence electrons. The largest absolute Gasteiger partial charge is 0.348 e. The summed E-state index contributed by atoms with van der Waals surface area (Å²) < 4.78 is 25.2. The Bertz CT molecular complexity index is 916. The molecule has 2 aromatic carbocycles. The van der Waals surface area contributed by atoms with Gasteiger partial charge in [-0.3, -0.25) is 19.2 Å². The minimum absolute atomic E-state index is 0.0645. The number of nitrogens with zero attached hydrogens (tertiary/aromatic N) is 2. The Balaban J connectivity index is 2.23. The number of non-ortho nitro benzene ring substituents is 1. The number of hydrogen-bond donors (Lipinski definition) is 1. The van der Waals surface area contributed by atoms with Gasteiger partial charge in [0.05, 0.1) is 22.9 Å². The van der Waals surface area contributed by atoms with E-state index in [4.69, 9.17) is 0 Å². The van der Waals surface area contributed by atoms with Crippen LogP contribution in [0.5, 0.6) is 0 Å². The zero-order chi connectivity index (χ0) is 20.0. The van der Waals surface area contributed by atoms with Crippen LogP contribution in [0.3, 0.4) is 0 Å². The monoisotopic (exact) mass is 391 g/mol. The van der Waals surface area contributed by atoms with Crippen molar-refractivity contribution in [2.24, 2.45) is 0 Å². The van der Waals surface area contributed by atoms with Gasteiger partial charge >= 0.3 is 0 Å². The van der Waals surface area contributed by atoms with Crippen LogP contribution in [0, 0.1) is 10.1 Å². The molecule has 0 spiro atoms. The zero-order valence-electron chi connectivity index (χ0n) is 15.0. The number of nitrogens with one attached hydrogen (secondary N) is 1. The molecule has 9 heteroatoms. The first-order valence-corrected chi connectivity index (χ1v) is 10.1. The van der Waals surface area contributed by atoms with Gasteiger partial charge in [0.2, 0.25) is 15.9 Å². The number of nitro groups is 1. The highest BCUT2D eigenvalue weighted by Crippen LogP contribution is 2.23. The first-order valence-electron chi connectivity index (χ1n) is 8.29. The van der Waals surface area contributed by atoms with Crippen molar-refractivity contribution in [3.05, 3.63) is 70.3 Å². The number of sulfonamides is 1. The lowest BCUT2D eigenvalue weighted by Crippen LogP contribution is -2.41. The van der Waals surface area contributed by atoms with Gasteiger partial charge in [-0.25, -0.2) is 8.42 Å². The molecule has 8 nitrogen and oxygen atoms in total. The standard InChI is InChI=1S/C18H21N3O5S/c1-3-17(14-8-5-4-6-9-14)19-18(22)13-20(27(2,25)26)15-10-7-11-16(12-15)21(23)24/h4-12,17H,3,13H2,1-2H3,(H,19,22)/t17-/m1/s1. The van der Waals surface area contributed by atoms with E-state index >= 15 is 0 Å². The molecule has 27 heavy (non-hydrogen) atoms. The predicted octanol–water partition coefficient (Wildman–Crippen LogP) is 2.63. The van der Waals surface area contributed by atoms with Crippen LogP contribution in [0.4, 0.5) is 11.4 Å². The Kier molecular flexibility index (Phi) is 6.51. The second-order valence-corrected chi connectivity index (χ2v) is 7.89. The number of rotatable bonds is 8. The van der Waals surface area contributed by atoms with Gasteiger partial charge in [0.15, 0.2) is 0 Å². The van der Waals surface area contributed by atoms with Crippen molar-refractivity contribution in [2.45, 2.75) is 19.4 Å². The first kappa shape index (κ1) is 20.4. The van der Waals surface area contributed by atoms with Crippen LogP contribution in [-0.2, 0) is 14.8 Å². The van der Waals surface area contributed by atoms with Gasteiger partial charge in [-0.1, -0.05) is 43.3 Å². The van der Waals surface area contributed by atoms with E-state index in [-0.39, 0.29) is 17.4 Å². The molecular formula is C18H21N3O5S. The van der Waals surface area contributed by atoms with Gasteiger partial charge in [-0.05, 0) is 18.1 Å². The normalized spacial score (nSPS) is 12.2. The number of benzene rings is 2.